The minimum atomic E-state index is -1.59. The zero-order valence-electron chi connectivity index (χ0n) is 12.9. The van der Waals surface area contributed by atoms with Crippen molar-refractivity contribution in [3.8, 4) is 5.75 Å². The van der Waals surface area contributed by atoms with Gasteiger partial charge in [-0.25, -0.2) is 4.79 Å². The summed E-state index contributed by atoms with van der Waals surface area (Å²) in [6.07, 6.45) is -3.85. The molecule has 0 spiro atoms. The number of aromatic nitrogens is 1. The number of ether oxygens (including phenoxy) is 1. The first-order valence-corrected chi connectivity index (χ1v) is 6.68. The van der Waals surface area contributed by atoms with Crippen LogP contribution in [0.15, 0.2) is 12.1 Å². The van der Waals surface area contributed by atoms with Crippen LogP contribution < -0.4 is 5.32 Å². The van der Waals surface area contributed by atoms with Gasteiger partial charge >= 0.3 is 11.9 Å². The average molecular weight is 329 g/mol. The molecule has 10 heteroatoms. The topological polar surface area (TPSA) is 155 Å². The Balaban J connectivity index is 2.70. The van der Waals surface area contributed by atoms with Crippen molar-refractivity contribution < 1.29 is 29.8 Å². The van der Waals surface area contributed by atoms with E-state index in [0.717, 1.165) is 12.1 Å². The minimum Gasteiger partial charge on any atom is -0.501 e. The van der Waals surface area contributed by atoms with Gasteiger partial charge in [-0.2, -0.15) is 0 Å². The van der Waals surface area contributed by atoms with Gasteiger partial charge in [0.05, 0.1) is 0 Å². The summed E-state index contributed by atoms with van der Waals surface area (Å²) in [5, 5.41) is 42.0. The second-order valence-corrected chi connectivity index (χ2v) is 5.73. The Kier molecular flexibility index (Phi) is 5.82. The number of nitrogens with zero attached hydrogens (tertiary/aromatic N) is 2. The summed E-state index contributed by atoms with van der Waals surface area (Å²) in [4.78, 5) is 24.7. The summed E-state index contributed by atoms with van der Waals surface area (Å²) in [6.45, 7) is 4.64. The molecule has 1 heterocycles. The Morgan fingerprint density at radius 1 is 1.43 bits per heavy atom. The molecule has 0 aliphatic carbocycles. The van der Waals surface area contributed by atoms with Crippen LogP contribution in [0.2, 0.25) is 0 Å². The van der Waals surface area contributed by atoms with Crippen molar-refractivity contribution in [2.45, 2.75) is 38.6 Å². The van der Waals surface area contributed by atoms with Gasteiger partial charge in [0, 0.05) is 6.54 Å². The van der Waals surface area contributed by atoms with E-state index in [1.54, 1.807) is 20.8 Å². The molecule has 10 nitrogen and oxygen atoms in total. The second kappa shape index (κ2) is 7.20. The maximum absolute atomic E-state index is 11.4. The molecule has 0 bridgehead atoms. The highest BCUT2D eigenvalue weighted by Gasteiger charge is 2.27. The normalized spacial score (nSPS) is 14.0. The fraction of sp³-hybridized carbons (Fsp3) is 0.538. The fourth-order valence-corrected chi connectivity index (χ4v) is 1.57. The van der Waals surface area contributed by atoms with Gasteiger partial charge in [-0.15, -0.1) is 0 Å². The van der Waals surface area contributed by atoms with Crippen molar-refractivity contribution >= 4 is 11.9 Å². The molecule has 1 aromatic rings. The molecular formula is C13H19N3O7. The lowest BCUT2D eigenvalue weighted by Gasteiger charge is -2.21. The van der Waals surface area contributed by atoms with Crippen LogP contribution in [0.4, 0.5) is 10.6 Å². The van der Waals surface area contributed by atoms with Crippen LogP contribution >= 0.6 is 0 Å². The van der Waals surface area contributed by atoms with E-state index in [1.165, 1.54) is 0 Å². The highest BCUT2D eigenvalue weighted by molar-refractivity contribution is 5.67. The van der Waals surface area contributed by atoms with Gasteiger partial charge < -0.3 is 35.5 Å². The number of aliphatic hydroxyl groups excluding tert-OH is 2. The summed E-state index contributed by atoms with van der Waals surface area (Å²) < 4.78 is 4.96. The lowest BCUT2D eigenvalue weighted by atomic mass is 10.1. The smallest absolute Gasteiger partial charge is 0.407 e. The molecule has 23 heavy (non-hydrogen) atoms. The Labute approximate surface area is 131 Å². The summed E-state index contributed by atoms with van der Waals surface area (Å²) >= 11 is 0. The van der Waals surface area contributed by atoms with E-state index in [0.29, 0.717) is 0 Å². The molecule has 1 amide bonds. The number of alkyl carbamates (subject to hydrolysis) is 1. The van der Waals surface area contributed by atoms with Crippen LogP contribution in [0.3, 0.4) is 0 Å². The Morgan fingerprint density at radius 3 is 2.57 bits per heavy atom. The van der Waals surface area contributed by atoms with Gasteiger partial charge in [0.15, 0.2) is 5.69 Å². The number of carbonyl (C=O) groups is 1. The van der Waals surface area contributed by atoms with E-state index in [9.17, 15) is 30.2 Å². The SMILES string of the molecule is CC(C)(C)OC(=O)NCC(O)C(O)c1ccc(O)c([N+](=O)[O-])n1. The summed E-state index contributed by atoms with van der Waals surface area (Å²) in [6, 6.07) is 2.11. The molecule has 0 fully saturated rings. The van der Waals surface area contributed by atoms with E-state index < -0.39 is 40.4 Å². The number of nitrogens with one attached hydrogen (secondary N) is 1. The molecule has 2 unspecified atom stereocenters. The highest BCUT2D eigenvalue weighted by Crippen LogP contribution is 2.26. The zero-order chi connectivity index (χ0) is 17.8. The highest BCUT2D eigenvalue weighted by atomic mass is 16.6. The molecule has 0 aliphatic rings. The van der Waals surface area contributed by atoms with Gasteiger partial charge in [-0.1, -0.05) is 0 Å². The van der Waals surface area contributed by atoms with Crippen LogP contribution in [-0.4, -0.2) is 49.6 Å². The van der Waals surface area contributed by atoms with E-state index in [-0.39, 0.29) is 12.2 Å². The first kappa shape index (κ1) is 18.6. The van der Waals surface area contributed by atoms with Gasteiger partial charge in [-0.05, 0) is 42.8 Å². The first-order valence-electron chi connectivity index (χ1n) is 6.68. The van der Waals surface area contributed by atoms with Crippen LogP contribution in [0.5, 0.6) is 5.75 Å². The number of hydrogen-bond acceptors (Lipinski definition) is 8. The molecule has 1 rings (SSSR count). The van der Waals surface area contributed by atoms with Gasteiger partial charge in [0.1, 0.15) is 17.8 Å². The maximum atomic E-state index is 11.4. The van der Waals surface area contributed by atoms with E-state index >= 15 is 0 Å². The third-order valence-electron chi connectivity index (χ3n) is 2.57. The number of aromatic hydroxyl groups is 1. The summed E-state index contributed by atoms with van der Waals surface area (Å²) in [5.74, 6) is -1.50. The summed E-state index contributed by atoms with van der Waals surface area (Å²) in [5.41, 5.74) is -0.930. The van der Waals surface area contributed by atoms with Crippen molar-refractivity contribution in [2.75, 3.05) is 6.54 Å². The minimum absolute atomic E-state index is 0.215. The second-order valence-electron chi connectivity index (χ2n) is 5.73. The van der Waals surface area contributed by atoms with Gasteiger partial charge in [0.25, 0.3) is 0 Å². The fourth-order valence-electron chi connectivity index (χ4n) is 1.57. The average Bonchev–Trinajstić information content (AvgIpc) is 2.42. The van der Waals surface area contributed by atoms with Gasteiger partial charge in [-0.3, -0.25) is 0 Å². The monoisotopic (exact) mass is 329 g/mol. The van der Waals surface area contributed by atoms with E-state index in [2.05, 4.69) is 10.3 Å². The molecule has 0 aromatic carbocycles. The lowest BCUT2D eigenvalue weighted by molar-refractivity contribution is -0.390. The van der Waals surface area contributed by atoms with Crippen molar-refractivity contribution in [2.24, 2.45) is 0 Å². The Morgan fingerprint density at radius 2 is 2.04 bits per heavy atom. The molecule has 0 aliphatic heterocycles. The Hall–Kier alpha value is -2.46. The quantitative estimate of drug-likeness (QED) is 0.452. The number of hydrogen-bond donors (Lipinski definition) is 4. The van der Waals surface area contributed by atoms with Crippen molar-refractivity contribution in [1.29, 1.82) is 0 Å². The largest absolute Gasteiger partial charge is 0.501 e. The first-order chi connectivity index (χ1) is 10.5. The Bertz CT molecular complexity index is 585. The standard InChI is InChI=1S/C13H19N3O7/c1-13(2,3)23-12(20)14-6-9(18)10(19)7-4-5-8(17)11(15-7)16(21)22/h4-5,9-10,17-19H,6H2,1-3H3,(H,14,20). The number of rotatable bonds is 5. The van der Waals surface area contributed by atoms with Crippen molar-refractivity contribution in [3.63, 3.8) is 0 Å². The zero-order valence-corrected chi connectivity index (χ0v) is 12.9. The van der Waals surface area contributed by atoms with Crippen LogP contribution in [-0.2, 0) is 4.74 Å². The lowest BCUT2D eigenvalue weighted by Crippen LogP contribution is -2.39. The number of aliphatic hydroxyl groups is 2. The molecule has 0 saturated carbocycles. The molecule has 2 atom stereocenters. The number of pyridine rings is 1. The van der Waals surface area contributed by atoms with Crippen molar-refractivity contribution in [1.82, 2.24) is 10.3 Å². The molecule has 0 saturated heterocycles. The molecular weight excluding hydrogens is 310 g/mol. The van der Waals surface area contributed by atoms with Crippen LogP contribution in [0.25, 0.3) is 0 Å². The number of amides is 1. The predicted octanol–water partition coefficient (Wildman–Crippen LogP) is 0.614. The number of nitro groups is 1. The molecule has 1 aromatic heterocycles. The van der Waals surface area contributed by atoms with Gasteiger partial charge in [0.2, 0.25) is 5.75 Å². The van der Waals surface area contributed by atoms with Crippen LogP contribution in [0, 0.1) is 10.1 Å². The number of carbonyl (C=O) groups excluding carboxylic acids is 1. The van der Waals surface area contributed by atoms with E-state index in [1.807, 2.05) is 0 Å². The summed E-state index contributed by atoms with van der Waals surface area (Å²) in [7, 11) is 0. The van der Waals surface area contributed by atoms with Crippen molar-refractivity contribution in [3.05, 3.63) is 27.9 Å². The third-order valence-corrected chi connectivity index (χ3v) is 2.57. The van der Waals surface area contributed by atoms with E-state index in [4.69, 9.17) is 4.74 Å². The predicted molar refractivity (Wildman–Crippen MR) is 77.8 cm³/mol. The third kappa shape index (κ3) is 5.68. The van der Waals surface area contributed by atoms with Crippen LogP contribution in [0.1, 0.15) is 32.6 Å². The maximum Gasteiger partial charge on any atom is 0.407 e. The molecule has 0 radical (unpaired) electrons. The molecule has 128 valence electrons. The molecule has 4 N–H and O–H groups in total.